The van der Waals surface area contributed by atoms with E-state index < -0.39 is 5.91 Å². The van der Waals surface area contributed by atoms with E-state index >= 15 is 0 Å². The Kier molecular flexibility index (Phi) is 6.49. The molecule has 0 bridgehead atoms. The van der Waals surface area contributed by atoms with Crippen molar-refractivity contribution in [2.24, 2.45) is 0 Å². The average Bonchev–Trinajstić information content (AvgIpc) is 3.19. The maximum Gasteiger partial charge on any atom is 0.258 e. The van der Waals surface area contributed by atoms with Gasteiger partial charge in [-0.3, -0.25) is 14.7 Å². The van der Waals surface area contributed by atoms with E-state index in [2.05, 4.69) is 27.4 Å². The Morgan fingerprint density at radius 1 is 1.17 bits per heavy atom. The molecule has 0 saturated heterocycles. The summed E-state index contributed by atoms with van der Waals surface area (Å²) >= 11 is 0. The standard InChI is InChI=1S/C22H22N4O4/c1-3-21(28)23-19-7-5-4-6-18(19)22(29)24-20-12-15(25-26-20)9-8-14-10-16(27)13-17(11-14)30-2/h3-7,10-13,27H,1,8-9H2,2H3,(H,23,28)(H2,24,25,26,29). The molecule has 2 aromatic carbocycles. The number of aromatic hydroxyl groups is 1. The highest BCUT2D eigenvalue weighted by atomic mass is 16.5. The second-order valence-corrected chi connectivity index (χ2v) is 6.51. The minimum atomic E-state index is -0.400. The Hall–Kier alpha value is -4.07. The van der Waals surface area contributed by atoms with Crippen molar-refractivity contribution in [2.75, 3.05) is 17.7 Å². The van der Waals surface area contributed by atoms with Crippen LogP contribution < -0.4 is 15.4 Å². The minimum absolute atomic E-state index is 0.140. The van der Waals surface area contributed by atoms with Crippen LogP contribution in [0.3, 0.4) is 0 Å². The summed E-state index contributed by atoms with van der Waals surface area (Å²) < 4.78 is 5.16. The third-order valence-electron chi connectivity index (χ3n) is 4.35. The Bertz CT molecular complexity index is 1070. The molecule has 0 spiro atoms. The third kappa shape index (κ3) is 5.26. The lowest BCUT2D eigenvalue weighted by Gasteiger charge is -2.09. The van der Waals surface area contributed by atoms with E-state index in [0.717, 1.165) is 17.3 Å². The second kappa shape index (κ2) is 9.42. The van der Waals surface area contributed by atoms with E-state index in [-0.39, 0.29) is 11.7 Å². The summed E-state index contributed by atoms with van der Waals surface area (Å²) in [5.41, 5.74) is 2.36. The second-order valence-electron chi connectivity index (χ2n) is 6.51. The van der Waals surface area contributed by atoms with Gasteiger partial charge in [0.1, 0.15) is 17.3 Å². The fraction of sp³-hybridized carbons (Fsp3) is 0.136. The highest BCUT2D eigenvalue weighted by molar-refractivity contribution is 6.10. The number of aromatic nitrogens is 2. The molecule has 0 aliphatic heterocycles. The summed E-state index contributed by atoms with van der Waals surface area (Å²) in [5.74, 6) is 0.377. The smallest absolute Gasteiger partial charge is 0.258 e. The number of nitrogens with zero attached hydrogens (tertiary/aromatic N) is 1. The summed E-state index contributed by atoms with van der Waals surface area (Å²) in [6, 6.07) is 13.5. The number of benzene rings is 2. The van der Waals surface area contributed by atoms with Crippen LogP contribution in [0.4, 0.5) is 11.5 Å². The first kappa shape index (κ1) is 20.7. The average molecular weight is 406 g/mol. The molecule has 4 N–H and O–H groups in total. The monoisotopic (exact) mass is 406 g/mol. The van der Waals surface area contributed by atoms with Gasteiger partial charge in [0.25, 0.3) is 5.91 Å². The van der Waals surface area contributed by atoms with E-state index in [1.165, 1.54) is 0 Å². The topological polar surface area (TPSA) is 116 Å². The summed E-state index contributed by atoms with van der Waals surface area (Å²) in [6.07, 6.45) is 2.38. The predicted molar refractivity (Wildman–Crippen MR) is 114 cm³/mol. The number of phenolic OH excluding ortho intramolecular Hbond substituents is 1. The summed E-state index contributed by atoms with van der Waals surface area (Å²) in [6.45, 7) is 3.41. The number of amides is 2. The number of H-pyrrole nitrogens is 1. The Balaban J connectivity index is 1.65. The van der Waals surface area contributed by atoms with Gasteiger partial charge in [0.05, 0.1) is 24.1 Å². The van der Waals surface area contributed by atoms with Crippen LogP contribution in [0.25, 0.3) is 0 Å². The fourth-order valence-electron chi connectivity index (χ4n) is 2.90. The SMILES string of the molecule is C=CC(=O)Nc1ccccc1C(=O)Nc1cc(CCc2cc(O)cc(OC)c2)n[nH]1. The molecule has 154 valence electrons. The third-order valence-corrected chi connectivity index (χ3v) is 4.35. The molecule has 0 aliphatic carbocycles. The van der Waals surface area contributed by atoms with Gasteiger partial charge in [-0.15, -0.1) is 0 Å². The maximum atomic E-state index is 12.6. The highest BCUT2D eigenvalue weighted by Crippen LogP contribution is 2.23. The molecule has 0 fully saturated rings. The van der Waals surface area contributed by atoms with Crippen molar-refractivity contribution in [2.45, 2.75) is 12.8 Å². The zero-order valence-electron chi connectivity index (χ0n) is 16.4. The molecule has 3 aromatic rings. The van der Waals surface area contributed by atoms with E-state index in [0.29, 0.717) is 35.7 Å². The number of aryl methyl sites for hydroxylation is 2. The molecule has 8 heteroatoms. The van der Waals surface area contributed by atoms with Crippen molar-refractivity contribution in [3.8, 4) is 11.5 Å². The first-order valence-electron chi connectivity index (χ1n) is 9.23. The van der Waals surface area contributed by atoms with Crippen molar-refractivity contribution in [1.82, 2.24) is 10.2 Å². The molecule has 2 amide bonds. The van der Waals surface area contributed by atoms with Crippen molar-refractivity contribution < 1.29 is 19.4 Å². The summed E-state index contributed by atoms with van der Waals surface area (Å²) in [4.78, 5) is 24.2. The molecular formula is C22H22N4O4. The molecule has 1 aromatic heterocycles. The first-order chi connectivity index (χ1) is 14.5. The van der Waals surface area contributed by atoms with E-state index in [1.54, 1.807) is 49.6 Å². The van der Waals surface area contributed by atoms with Crippen LogP contribution >= 0.6 is 0 Å². The van der Waals surface area contributed by atoms with Crippen molar-refractivity contribution in [1.29, 1.82) is 0 Å². The largest absolute Gasteiger partial charge is 0.508 e. The zero-order chi connectivity index (χ0) is 21.5. The van der Waals surface area contributed by atoms with Crippen LogP contribution in [0.1, 0.15) is 21.6 Å². The number of anilines is 2. The zero-order valence-corrected chi connectivity index (χ0v) is 16.4. The number of nitrogens with one attached hydrogen (secondary N) is 3. The van der Waals surface area contributed by atoms with Gasteiger partial charge < -0.3 is 20.5 Å². The molecular weight excluding hydrogens is 384 g/mol. The van der Waals surface area contributed by atoms with Gasteiger partial charge in [-0.2, -0.15) is 5.10 Å². The van der Waals surface area contributed by atoms with Crippen LogP contribution in [-0.4, -0.2) is 34.2 Å². The molecule has 8 nitrogen and oxygen atoms in total. The van der Waals surface area contributed by atoms with Gasteiger partial charge in [0.2, 0.25) is 5.91 Å². The molecule has 0 radical (unpaired) electrons. The Labute approximate surface area is 173 Å². The number of para-hydroxylation sites is 1. The molecule has 30 heavy (non-hydrogen) atoms. The number of phenols is 1. The maximum absolute atomic E-state index is 12.6. The summed E-state index contributed by atoms with van der Waals surface area (Å²) in [5, 5.41) is 22.1. The van der Waals surface area contributed by atoms with Gasteiger partial charge in [-0.05, 0) is 48.7 Å². The fourth-order valence-corrected chi connectivity index (χ4v) is 2.90. The molecule has 0 saturated carbocycles. The lowest BCUT2D eigenvalue weighted by molar-refractivity contribution is -0.111. The van der Waals surface area contributed by atoms with E-state index in [4.69, 9.17) is 4.74 Å². The normalized spacial score (nSPS) is 10.3. The number of methoxy groups -OCH3 is 1. The highest BCUT2D eigenvalue weighted by Gasteiger charge is 2.14. The lowest BCUT2D eigenvalue weighted by Crippen LogP contribution is -2.17. The quantitative estimate of drug-likeness (QED) is 0.429. The molecule has 0 unspecified atom stereocenters. The Morgan fingerprint density at radius 2 is 1.97 bits per heavy atom. The van der Waals surface area contributed by atoms with Gasteiger partial charge in [-0.1, -0.05) is 18.7 Å². The van der Waals surface area contributed by atoms with Crippen LogP contribution in [0.5, 0.6) is 11.5 Å². The predicted octanol–water partition coefficient (Wildman–Crippen LogP) is 3.29. The van der Waals surface area contributed by atoms with Crippen molar-refractivity contribution >= 4 is 23.3 Å². The van der Waals surface area contributed by atoms with Gasteiger partial charge in [-0.25, -0.2) is 0 Å². The molecule has 3 rings (SSSR count). The number of carbonyl (C=O) groups excluding carboxylic acids is 2. The van der Waals surface area contributed by atoms with Crippen LogP contribution in [0.2, 0.25) is 0 Å². The number of aromatic amines is 1. The van der Waals surface area contributed by atoms with Crippen LogP contribution in [0, 0.1) is 0 Å². The first-order valence-corrected chi connectivity index (χ1v) is 9.23. The Morgan fingerprint density at radius 3 is 2.73 bits per heavy atom. The molecule has 1 heterocycles. The van der Waals surface area contributed by atoms with Gasteiger partial charge in [0, 0.05) is 12.1 Å². The number of hydrogen-bond donors (Lipinski definition) is 4. The number of carbonyl (C=O) groups is 2. The van der Waals surface area contributed by atoms with Crippen molar-refractivity contribution in [3.05, 3.63) is 78.0 Å². The van der Waals surface area contributed by atoms with Gasteiger partial charge in [0.15, 0.2) is 0 Å². The number of ether oxygens (including phenoxy) is 1. The van der Waals surface area contributed by atoms with Crippen LogP contribution in [-0.2, 0) is 17.6 Å². The van der Waals surface area contributed by atoms with Crippen molar-refractivity contribution in [3.63, 3.8) is 0 Å². The molecule has 0 aliphatic rings. The minimum Gasteiger partial charge on any atom is -0.508 e. The number of hydrogen-bond acceptors (Lipinski definition) is 5. The summed E-state index contributed by atoms with van der Waals surface area (Å²) in [7, 11) is 1.54. The molecule has 0 atom stereocenters. The van der Waals surface area contributed by atoms with E-state index in [9.17, 15) is 14.7 Å². The van der Waals surface area contributed by atoms with Gasteiger partial charge >= 0.3 is 0 Å². The number of rotatable bonds is 8. The van der Waals surface area contributed by atoms with E-state index in [1.807, 2.05) is 6.07 Å². The lowest BCUT2D eigenvalue weighted by atomic mass is 10.1. The van der Waals surface area contributed by atoms with Crippen LogP contribution in [0.15, 0.2) is 61.2 Å².